The number of hydrogen-bond acceptors (Lipinski definition) is 3. The van der Waals surface area contributed by atoms with Gasteiger partial charge in [0.25, 0.3) is 0 Å². The van der Waals surface area contributed by atoms with Crippen molar-refractivity contribution in [2.24, 2.45) is 5.92 Å². The van der Waals surface area contributed by atoms with Crippen molar-refractivity contribution in [3.63, 3.8) is 0 Å². The third-order valence-corrected chi connectivity index (χ3v) is 2.89. The first-order chi connectivity index (χ1) is 9.29. The maximum atomic E-state index is 12.7. The van der Waals surface area contributed by atoms with Gasteiger partial charge in [0, 0.05) is 11.1 Å². The molecule has 0 aliphatic heterocycles. The van der Waals surface area contributed by atoms with Crippen LogP contribution in [0.4, 0.5) is 19.1 Å². The minimum absolute atomic E-state index is 0.158. The van der Waals surface area contributed by atoms with Gasteiger partial charge in [0.2, 0.25) is 5.88 Å². The van der Waals surface area contributed by atoms with Gasteiger partial charge in [-0.2, -0.15) is 13.2 Å². The van der Waals surface area contributed by atoms with E-state index >= 15 is 0 Å². The van der Waals surface area contributed by atoms with Crippen LogP contribution in [0.1, 0.15) is 25.0 Å². The van der Waals surface area contributed by atoms with Crippen LogP contribution in [0.15, 0.2) is 28.8 Å². The fraction of sp³-hybridized carbons (Fsp3) is 0.357. The summed E-state index contributed by atoms with van der Waals surface area (Å²) in [6.07, 6.45) is -3.79. The van der Waals surface area contributed by atoms with E-state index in [1.165, 1.54) is 6.07 Å². The van der Waals surface area contributed by atoms with E-state index in [-0.39, 0.29) is 5.88 Å². The number of nitrogen functional groups attached to an aromatic ring is 1. The first-order valence-electron chi connectivity index (χ1n) is 6.20. The van der Waals surface area contributed by atoms with Gasteiger partial charge in [-0.25, -0.2) is 0 Å². The minimum Gasteiger partial charge on any atom is -0.367 e. The van der Waals surface area contributed by atoms with Gasteiger partial charge in [-0.15, -0.1) is 0 Å². The van der Waals surface area contributed by atoms with Crippen molar-refractivity contribution < 1.29 is 17.7 Å². The van der Waals surface area contributed by atoms with Gasteiger partial charge in [-0.05, 0) is 24.5 Å². The second-order valence-electron chi connectivity index (χ2n) is 5.05. The average molecular weight is 284 g/mol. The maximum Gasteiger partial charge on any atom is 0.416 e. The Balaban J connectivity index is 2.47. The van der Waals surface area contributed by atoms with Crippen LogP contribution in [0.3, 0.4) is 0 Å². The quantitative estimate of drug-likeness (QED) is 0.921. The first kappa shape index (κ1) is 14.4. The highest BCUT2D eigenvalue weighted by Gasteiger charge is 2.31. The first-order valence-corrected chi connectivity index (χ1v) is 6.20. The van der Waals surface area contributed by atoms with Crippen LogP contribution in [-0.2, 0) is 12.6 Å². The molecule has 0 bridgehead atoms. The molecule has 1 aromatic heterocycles. The molecule has 2 rings (SSSR count). The molecule has 0 saturated carbocycles. The molecule has 0 atom stereocenters. The van der Waals surface area contributed by atoms with Gasteiger partial charge in [-0.3, -0.25) is 0 Å². The zero-order chi connectivity index (χ0) is 14.9. The summed E-state index contributed by atoms with van der Waals surface area (Å²) in [6, 6.07) is 4.99. The van der Waals surface area contributed by atoms with E-state index in [1.807, 2.05) is 13.8 Å². The smallest absolute Gasteiger partial charge is 0.367 e. The molecule has 108 valence electrons. The molecule has 0 unspecified atom stereocenters. The fourth-order valence-electron chi connectivity index (χ4n) is 2.00. The van der Waals surface area contributed by atoms with Gasteiger partial charge in [-0.1, -0.05) is 31.1 Å². The molecular formula is C14H15F3N2O. The lowest BCUT2D eigenvalue weighted by Crippen LogP contribution is -2.05. The number of rotatable bonds is 3. The zero-order valence-corrected chi connectivity index (χ0v) is 11.2. The number of aromatic nitrogens is 1. The SMILES string of the molecule is CC(C)Cc1c(-c2cccc(C(F)(F)F)c2)noc1N. The van der Waals surface area contributed by atoms with Gasteiger partial charge in [0.05, 0.1) is 5.56 Å². The number of nitrogens with zero attached hydrogens (tertiary/aromatic N) is 1. The van der Waals surface area contributed by atoms with Crippen molar-refractivity contribution in [2.45, 2.75) is 26.4 Å². The molecule has 1 aromatic carbocycles. The molecule has 0 radical (unpaired) electrons. The van der Waals surface area contributed by atoms with E-state index < -0.39 is 11.7 Å². The van der Waals surface area contributed by atoms with Gasteiger partial charge in [0.1, 0.15) is 5.69 Å². The van der Waals surface area contributed by atoms with Crippen LogP contribution in [0.25, 0.3) is 11.3 Å². The van der Waals surface area contributed by atoms with E-state index in [1.54, 1.807) is 6.07 Å². The van der Waals surface area contributed by atoms with E-state index in [2.05, 4.69) is 5.16 Å². The molecule has 3 nitrogen and oxygen atoms in total. The molecule has 0 aliphatic carbocycles. The number of anilines is 1. The number of hydrogen-bond donors (Lipinski definition) is 1. The Bertz CT molecular complexity index is 603. The Hall–Kier alpha value is -1.98. The van der Waals surface area contributed by atoms with E-state index in [9.17, 15) is 13.2 Å². The topological polar surface area (TPSA) is 52.0 Å². The minimum atomic E-state index is -4.39. The summed E-state index contributed by atoms with van der Waals surface area (Å²) in [7, 11) is 0. The number of halogens is 3. The molecule has 6 heteroatoms. The summed E-state index contributed by atoms with van der Waals surface area (Å²) in [5.41, 5.74) is 6.37. The second-order valence-corrected chi connectivity index (χ2v) is 5.05. The summed E-state index contributed by atoms with van der Waals surface area (Å²) in [4.78, 5) is 0. The van der Waals surface area contributed by atoms with Crippen LogP contribution < -0.4 is 5.73 Å². The van der Waals surface area contributed by atoms with Crippen LogP contribution in [0, 0.1) is 5.92 Å². The Morgan fingerprint density at radius 1 is 1.30 bits per heavy atom. The Morgan fingerprint density at radius 2 is 2.00 bits per heavy atom. The summed E-state index contributed by atoms with van der Waals surface area (Å²) < 4.78 is 43.1. The standard InChI is InChI=1S/C14H15F3N2O/c1-8(2)6-11-12(19-20-13(11)18)9-4-3-5-10(7-9)14(15,16)17/h3-5,7-8H,6,18H2,1-2H3. The predicted molar refractivity (Wildman–Crippen MR) is 69.9 cm³/mol. The molecule has 2 aromatic rings. The molecule has 0 aliphatic rings. The molecule has 1 heterocycles. The summed E-state index contributed by atoms with van der Waals surface area (Å²) in [5, 5.41) is 3.79. The van der Waals surface area contributed by atoms with Crippen molar-refractivity contribution in [3.8, 4) is 11.3 Å². The van der Waals surface area contributed by atoms with Crippen molar-refractivity contribution >= 4 is 5.88 Å². The Kier molecular flexibility index (Phi) is 3.74. The van der Waals surface area contributed by atoms with Crippen molar-refractivity contribution in [1.82, 2.24) is 5.16 Å². The fourth-order valence-corrected chi connectivity index (χ4v) is 2.00. The molecule has 0 spiro atoms. The maximum absolute atomic E-state index is 12.7. The van der Waals surface area contributed by atoms with Gasteiger partial charge < -0.3 is 10.3 Å². The van der Waals surface area contributed by atoms with E-state index in [0.717, 1.165) is 12.1 Å². The van der Waals surface area contributed by atoms with Crippen LogP contribution in [0.5, 0.6) is 0 Å². The highest BCUT2D eigenvalue weighted by atomic mass is 19.4. The highest BCUT2D eigenvalue weighted by molar-refractivity contribution is 5.67. The molecular weight excluding hydrogens is 269 g/mol. The highest BCUT2D eigenvalue weighted by Crippen LogP contribution is 2.34. The predicted octanol–water partition coefficient (Wildman–Crippen LogP) is 4.14. The molecule has 20 heavy (non-hydrogen) atoms. The van der Waals surface area contributed by atoms with Crippen molar-refractivity contribution in [2.75, 3.05) is 5.73 Å². The molecule has 0 amide bonds. The van der Waals surface area contributed by atoms with Crippen LogP contribution in [-0.4, -0.2) is 5.16 Å². The van der Waals surface area contributed by atoms with E-state index in [0.29, 0.717) is 29.2 Å². The van der Waals surface area contributed by atoms with Gasteiger partial charge in [0.15, 0.2) is 0 Å². The number of alkyl halides is 3. The lowest BCUT2D eigenvalue weighted by molar-refractivity contribution is -0.137. The van der Waals surface area contributed by atoms with Crippen LogP contribution in [0.2, 0.25) is 0 Å². The lowest BCUT2D eigenvalue weighted by atomic mass is 9.98. The van der Waals surface area contributed by atoms with E-state index in [4.69, 9.17) is 10.3 Å². The van der Waals surface area contributed by atoms with Crippen molar-refractivity contribution in [3.05, 3.63) is 35.4 Å². The molecule has 0 saturated heterocycles. The average Bonchev–Trinajstić information content (AvgIpc) is 2.70. The summed E-state index contributed by atoms with van der Waals surface area (Å²) in [5.74, 6) is 0.451. The number of nitrogens with two attached hydrogens (primary N) is 1. The molecule has 2 N–H and O–H groups in total. The van der Waals surface area contributed by atoms with Crippen molar-refractivity contribution in [1.29, 1.82) is 0 Å². The summed E-state index contributed by atoms with van der Waals surface area (Å²) >= 11 is 0. The lowest BCUT2D eigenvalue weighted by Gasteiger charge is -2.09. The Labute approximate surface area is 114 Å². The zero-order valence-electron chi connectivity index (χ0n) is 11.2. The third-order valence-electron chi connectivity index (χ3n) is 2.89. The van der Waals surface area contributed by atoms with Crippen LogP contribution >= 0.6 is 0 Å². The second kappa shape index (κ2) is 5.19. The Morgan fingerprint density at radius 3 is 2.60 bits per heavy atom. The number of benzene rings is 1. The third kappa shape index (κ3) is 2.95. The normalized spacial score (nSPS) is 12.1. The molecule has 0 fully saturated rings. The van der Waals surface area contributed by atoms with Gasteiger partial charge >= 0.3 is 6.18 Å². The summed E-state index contributed by atoms with van der Waals surface area (Å²) in [6.45, 7) is 3.98. The largest absolute Gasteiger partial charge is 0.416 e. The monoisotopic (exact) mass is 284 g/mol.